The van der Waals surface area contributed by atoms with Crippen LogP contribution in [0.1, 0.15) is 62.5 Å². The van der Waals surface area contributed by atoms with Crippen LogP contribution in [0, 0.1) is 18.6 Å². The van der Waals surface area contributed by atoms with E-state index >= 15 is 4.39 Å². The van der Waals surface area contributed by atoms with E-state index in [-0.39, 0.29) is 39.1 Å². The Hall–Kier alpha value is -4.91. The molecule has 0 radical (unpaired) electrons. The Bertz CT molecular complexity index is 1980. The van der Waals surface area contributed by atoms with Gasteiger partial charge in [0.15, 0.2) is 5.78 Å². The number of Topliss-reactive ketones (excluding diaryl/α,β-unsaturated/α-hetero) is 1. The van der Waals surface area contributed by atoms with Gasteiger partial charge >= 0.3 is 0 Å². The van der Waals surface area contributed by atoms with Gasteiger partial charge in [-0.1, -0.05) is 24.3 Å². The number of benzene rings is 3. The molecule has 5 aromatic rings. The first-order valence-corrected chi connectivity index (χ1v) is 14.3. The van der Waals surface area contributed by atoms with Crippen molar-refractivity contribution < 1.29 is 22.8 Å². The van der Waals surface area contributed by atoms with E-state index in [4.69, 9.17) is 9.40 Å². The predicted molar refractivity (Wildman–Crippen MR) is 162 cm³/mol. The van der Waals surface area contributed by atoms with Crippen LogP contribution in [0.25, 0.3) is 39.5 Å². The molecule has 0 aliphatic heterocycles. The third-order valence-electron chi connectivity index (χ3n) is 8.72. The monoisotopic (exact) mass is 574 g/mol. The summed E-state index contributed by atoms with van der Waals surface area (Å²) in [5.74, 6) is -1.47. The van der Waals surface area contributed by atoms with Gasteiger partial charge in [-0.15, -0.1) is 0 Å². The minimum absolute atomic E-state index is 0.0222. The van der Waals surface area contributed by atoms with Crippen molar-refractivity contribution >= 4 is 28.7 Å². The predicted octanol–water partition coefficient (Wildman–Crippen LogP) is 7.98. The number of aryl methyl sites for hydroxylation is 1. The van der Waals surface area contributed by atoms with Gasteiger partial charge in [0.1, 0.15) is 23.0 Å². The lowest BCUT2D eigenvalue weighted by Crippen LogP contribution is -2.18. The maximum atomic E-state index is 16.4. The summed E-state index contributed by atoms with van der Waals surface area (Å²) in [4.78, 5) is 31.5. The highest BCUT2D eigenvalue weighted by Crippen LogP contribution is 2.51. The molecule has 1 amide bonds. The number of halogens is 2. The molecular formula is C36H28F2N2O3. The van der Waals surface area contributed by atoms with Crippen molar-refractivity contribution in [3.05, 3.63) is 118 Å². The van der Waals surface area contributed by atoms with Gasteiger partial charge in [0.05, 0.1) is 16.6 Å². The Balaban J connectivity index is 1.27. The van der Waals surface area contributed by atoms with E-state index in [2.05, 4.69) is 17.5 Å². The maximum absolute atomic E-state index is 16.4. The maximum Gasteiger partial charge on any atom is 0.255 e. The molecule has 1 saturated carbocycles. The fourth-order valence-corrected chi connectivity index (χ4v) is 6.09. The molecule has 43 heavy (non-hydrogen) atoms. The van der Waals surface area contributed by atoms with Crippen LogP contribution in [0.5, 0.6) is 0 Å². The number of hydrogen-bond acceptors (Lipinski definition) is 4. The first-order valence-electron chi connectivity index (χ1n) is 14.3. The number of fused-ring (bicyclic) bond motifs is 2. The molecule has 7 rings (SSSR count). The van der Waals surface area contributed by atoms with Gasteiger partial charge in [-0.25, -0.2) is 8.78 Å². The largest absolute Gasteiger partial charge is 0.455 e. The minimum Gasteiger partial charge on any atom is -0.455 e. The number of carbonyl (C=O) groups is 2. The van der Waals surface area contributed by atoms with Crippen LogP contribution in [-0.4, -0.2) is 23.7 Å². The second kappa shape index (κ2) is 10.1. The molecule has 214 valence electrons. The Morgan fingerprint density at radius 2 is 1.77 bits per heavy atom. The van der Waals surface area contributed by atoms with E-state index in [1.807, 2.05) is 25.1 Å². The van der Waals surface area contributed by atoms with Crippen LogP contribution < -0.4 is 5.32 Å². The highest BCUT2D eigenvalue weighted by atomic mass is 19.1. The van der Waals surface area contributed by atoms with Crippen molar-refractivity contribution in [2.75, 3.05) is 7.05 Å². The topological polar surface area (TPSA) is 72.2 Å². The Morgan fingerprint density at radius 3 is 2.51 bits per heavy atom. The van der Waals surface area contributed by atoms with Gasteiger partial charge in [0.2, 0.25) is 0 Å². The van der Waals surface area contributed by atoms with Crippen LogP contribution in [0.2, 0.25) is 0 Å². The molecule has 5 nitrogen and oxygen atoms in total. The van der Waals surface area contributed by atoms with E-state index in [0.717, 1.165) is 36.2 Å². The third kappa shape index (κ3) is 4.56. The summed E-state index contributed by atoms with van der Waals surface area (Å²) < 4.78 is 36.0. The average Bonchev–Trinajstić information content (AvgIpc) is 3.45. The number of pyridine rings is 1. The first kappa shape index (κ1) is 27.0. The standard InChI is InChI=1S/C36H28F2N2O3/c1-20-6-7-23(28(41)19-36(16-17-36)30-15-10-21-4-3-5-27(21)40-30)18-26(20)25-13-14-29-31(33(25)38)32(35(42)39-2)34(43-29)22-8-11-24(37)12-9-22/h3,5-15,18H,4,16-17,19H2,1-2H3,(H,39,42). The van der Waals surface area contributed by atoms with Crippen molar-refractivity contribution in [2.45, 2.75) is 38.0 Å². The molecular weight excluding hydrogens is 546 g/mol. The second-order valence-electron chi connectivity index (χ2n) is 11.4. The average molecular weight is 575 g/mol. The van der Waals surface area contributed by atoms with E-state index < -0.39 is 17.5 Å². The van der Waals surface area contributed by atoms with Crippen molar-refractivity contribution in [3.63, 3.8) is 0 Å². The Morgan fingerprint density at radius 1 is 0.977 bits per heavy atom. The van der Waals surface area contributed by atoms with Crippen molar-refractivity contribution in [1.82, 2.24) is 10.3 Å². The molecule has 0 bridgehead atoms. The highest BCUT2D eigenvalue weighted by Gasteiger charge is 2.47. The molecule has 2 aliphatic rings. The molecule has 3 aromatic carbocycles. The molecule has 0 spiro atoms. The van der Waals surface area contributed by atoms with E-state index in [1.54, 1.807) is 24.3 Å². The van der Waals surface area contributed by atoms with Crippen molar-refractivity contribution in [1.29, 1.82) is 0 Å². The van der Waals surface area contributed by atoms with Crippen LogP contribution in [0.3, 0.4) is 0 Å². The third-order valence-corrected chi connectivity index (χ3v) is 8.72. The van der Waals surface area contributed by atoms with Gasteiger partial charge in [-0.2, -0.15) is 0 Å². The molecule has 2 aromatic heterocycles. The molecule has 1 N–H and O–H groups in total. The van der Waals surface area contributed by atoms with Gasteiger partial charge in [0.25, 0.3) is 5.91 Å². The summed E-state index contributed by atoms with van der Waals surface area (Å²) in [5.41, 5.74) is 5.63. The smallest absolute Gasteiger partial charge is 0.255 e. The second-order valence-corrected chi connectivity index (χ2v) is 11.4. The summed E-state index contributed by atoms with van der Waals surface area (Å²) >= 11 is 0. The van der Waals surface area contributed by atoms with Crippen LogP contribution in [0.15, 0.2) is 77.2 Å². The summed E-state index contributed by atoms with van der Waals surface area (Å²) in [6.45, 7) is 1.86. The zero-order valence-corrected chi connectivity index (χ0v) is 23.8. The lowest BCUT2D eigenvalue weighted by Gasteiger charge is -2.16. The summed E-state index contributed by atoms with van der Waals surface area (Å²) in [7, 11) is 1.46. The number of ketones is 1. The Kier molecular flexibility index (Phi) is 6.34. The number of furan rings is 1. The Labute approximate surface area is 247 Å². The minimum atomic E-state index is -0.630. The lowest BCUT2D eigenvalue weighted by atomic mass is 9.89. The normalized spacial score (nSPS) is 14.6. The van der Waals surface area contributed by atoms with Crippen LogP contribution in [0.4, 0.5) is 8.78 Å². The number of hydrogen-bond donors (Lipinski definition) is 1. The molecule has 2 aliphatic carbocycles. The van der Waals surface area contributed by atoms with Gasteiger partial charge in [0, 0.05) is 41.3 Å². The summed E-state index contributed by atoms with van der Waals surface area (Å²) in [6, 6.07) is 18.2. The SMILES string of the molecule is CNC(=O)c1c(-c2ccc(F)cc2)oc2ccc(-c3cc(C(=O)CC4(c5ccc6c(n5)C=CC6)CC4)ccc3C)c(F)c12. The number of nitrogens with one attached hydrogen (secondary N) is 1. The number of rotatable bonds is 7. The van der Waals surface area contributed by atoms with Crippen molar-refractivity contribution in [3.8, 4) is 22.5 Å². The molecule has 0 unspecified atom stereocenters. The quantitative estimate of drug-likeness (QED) is 0.200. The van der Waals surface area contributed by atoms with Gasteiger partial charge in [-0.3, -0.25) is 14.6 Å². The lowest BCUT2D eigenvalue weighted by molar-refractivity contribution is 0.0958. The summed E-state index contributed by atoms with van der Waals surface area (Å²) in [5, 5.41) is 2.59. The fourth-order valence-electron chi connectivity index (χ4n) is 6.09. The van der Waals surface area contributed by atoms with Crippen LogP contribution >= 0.6 is 0 Å². The van der Waals surface area contributed by atoms with Gasteiger partial charge < -0.3 is 9.73 Å². The van der Waals surface area contributed by atoms with E-state index in [1.165, 1.54) is 36.9 Å². The number of aromatic nitrogens is 1. The van der Waals surface area contributed by atoms with Crippen LogP contribution in [-0.2, 0) is 11.8 Å². The molecule has 1 fully saturated rings. The zero-order chi connectivity index (χ0) is 29.9. The van der Waals surface area contributed by atoms with E-state index in [9.17, 15) is 14.0 Å². The molecule has 2 heterocycles. The molecule has 0 saturated heterocycles. The fraction of sp³-hybridized carbons (Fsp3) is 0.194. The number of amides is 1. The number of allylic oxidation sites excluding steroid dienone is 1. The first-order chi connectivity index (χ1) is 20.8. The van der Waals surface area contributed by atoms with Crippen molar-refractivity contribution in [2.24, 2.45) is 0 Å². The molecule has 7 heteroatoms. The molecule has 0 atom stereocenters. The van der Waals surface area contributed by atoms with Gasteiger partial charge in [-0.05, 0) is 97.5 Å². The number of carbonyl (C=O) groups excluding carboxylic acids is 2. The zero-order valence-electron chi connectivity index (χ0n) is 23.8. The summed E-state index contributed by atoms with van der Waals surface area (Å²) in [6.07, 6.45) is 7.15. The van der Waals surface area contributed by atoms with E-state index in [0.29, 0.717) is 23.1 Å². The highest BCUT2D eigenvalue weighted by molar-refractivity contribution is 6.12. The number of nitrogens with zero attached hydrogens (tertiary/aromatic N) is 1.